The third kappa shape index (κ3) is 2.83. The lowest BCUT2D eigenvalue weighted by atomic mass is 10.1. The summed E-state index contributed by atoms with van der Waals surface area (Å²) in [5.41, 5.74) is 2.30. The van der Waals surface area contributed by atoms with Crippen molar-refractivity contribution in [1.82, 2.24) is 15.1 Å². The molecule has 0 radical (unpaired) electrons. The quantitative estimate of drug-likeness (QED) is 0.921. The van der Waals surface area contributed by atoms with Gasteiger partial charge in [0.1, 0.15) is 5.69 Å². The van der Waals surface area contributed by atoms with Gasteiger partial charge in [0, 0.05) is 12.1 Å². The molecule has 1 N–H and O–H groups in total. The molecule has 1 aromatic carbocycles. The maximum atomic E-state index is 12.6. The lowest BCUT2D eigenvalue weighted by Gasteiger charge is -2.36. The molecule has 5 heteroatoms. The SMILES string of the molecule is C[C@H]1CN(C(=O)c2cc(-c3ccccc3)n[nH]2)[C@@H](C)CO1. The first-order valence-electron chi connectivity index (χ1n) is 7.18. The summed E-state index contributed by atoms with van der Waals surface area (Å²) in [7, 11) is 0. The topological polar surface area (TPSA) is 58.2 Å². The van der Waals surface area contributed by atoms with Crippen molar-refractivity contribution < 1.29 is 9.53 Å². The van der Waals surface area contributed by atoms with E-state index in [0.717, 1.165) is 11.3 Å². The number of aromatic amines is 1. The molecule has 1 amide bonds. The van der Waals surface area contributed by atoms with Gasteiger partial charge in [-0.1, -0.05) is 30.3 Å². The Morgan fingerprint density at radius 2 is 2.10 bits per heavy atom. The third-order valence-corrected chi connectivity index (χ3v) is 3.75. The summed E-state index contributed by atoms with van der Waals surface area (Å²) in [6.45, 7) is 5.17. The Kier molecular flexibility index (Phi) is 3.75. The lowest BCUT2D eigenvalue weighted by molar-refractivity contribution is -0.0389. The number of nitrogens with zero attached hydrogens (tertiary/aromatic N) is 2. The summed E-state index contributed by atoms with van der Waals surface area (Å²) in [4.78, 5) is 14.4. The molecule has 3 rings (SSSR count). The van der Waals surface area contributed by atoms with Crippen LogP contribution >= 0.6 is 0 Å². The summed E-state index contributed by atoms with van der Waals surface area (Å²) >= 11 is 0. The minimum absolute atomic E-state index is 0.0210. The van der Waals surface area contributed by atoms with Gasteiger partial charge in [-0.05, 0) is 19.9 Å². The molecule has 1 aliphatic heterocycles. The molecule has 0 bridgehead atoms. The molecule has 0 spiro atoms. The Morgan fingerprint density at radius 1 is 1.33 bits per heavy atom. The zero-order valence-corrected chi connectivity index (χ0v) is 12.2. The van der Waals surface area contributed by atoms with Crippen LogP contribution in [0.3, 0.4) is 0 Å². The number of hydrogen-bond donors (Lipinski definition) is 1. The summed E-state index contributed by atoms with van der Waals surface area (Å²) in [6.07, 6.45) is 0.0710. The van der Waals surface area contributed by atoms with Gasteiger partial charge in [0.15, 0.2) is 0 Å². The predicted molar refractivity (Wildman–Crippen MR) is 79.9 cm³/mol. The molecule has 2 heterocycles. The number of carbonyl (C=O) groups excluding carboxylic acids is 1. The normalized spacial score (nSPS) is 22.3. The summed E-state index contributed by atoms with van der Waals surface area (Å²) in [6, 6.07) is 11.7. The fourth-order valence-electron chi connectivity index (χ4n) is 2.53. The van der Waals surface area contributed by atoms with Gasteiger partial charge >= 0.3 is 0 Å². The molecule has 2 aromatic rings. The van der Waals surface area contributed by atoms with Crippen LogP contribution in [0.1, 0.15) is 24.3 Å². The number of hydrogen-bond acceptors (Lipinski definition) is 3. The minimum atomic E-state index is -0.0210. The fraction of sp³-hybridized carbons (Fsp3) is 0.375. The number of morpholine rings is 1. The maximum Gasteiger partial charge on any atom is 0.272 e. The van der Waals surface area contributed by atoms with E-state index >= 15 is 0 Å². The molecule has 2 atom stereocenters. The van der Waals surface area contributed by atoms with E-state index < -0.39 is 0 Å². The van der Waals surface area contributed by atoms with Gasteiger partial charge < -0.3 is 9.64 Å². The standard InChI is InChI=1S/C16H19N3O2/c1-11-10-21-12(2)9-19(11)16(20)15-8-14(17-18-15)13-6-4-3-5-7-13/h3-8,11-12H,9-10H2,1-2H3,(H,17,18)/t11-,12-/m0/s1. The highest BCUT2D eigenvalue weighted by Crippen LogP contribution is 2.19. The molecule has 21 heavy (non-hydrogen) atoms. The van der Waals surface area contributed by atoms with Crippen molar-refractivity contribution in [3.05, 3.63) is 42.1 Å². The molecule has 5 nitrogen and oxygen atoms in total. The smallest absolute Gasteiger partial charge is 0.272 e. The second-order valence-corrected chi connectivity index (χ2v) is 5.48. The van der Waals surface area contributed by atoms with Crippen LogP contribution in [0.5, 0.6) is 0 Å². The zero-order chi connectivity index (χ0) is 14.8. The highest BCUT2D eigenvalue weighted by molar-refractivity contribution is 5.93. The Balaban J connectivity index is 1.81. The van der Waals surface area contributed by atoms with Crippen molar-refractivity contribution in [1.29, 1.82) is 0 Å². The Hall–Kier alpha value is -2.14. The second-order valence-electron chi connectivity index (χ2n) is 5.48. The molecule has 0 aliphatic carbocycles. The van der Waals surface area contributed by atoms with Crippen LogP contribution in [-0.2, 0) is 4.74 Å². The van der Waals surface area contributed by atoms with Gasteiger partial charge in [0.2, 0.25) is 0 Å². The van der Waals surface area contributed by atoms with Gasteiger partial charge in [-0.2, -0.15) is 5.10 Å². The van der Waals surface area contributed by atoms with Gasteiger partial charge in [-0.3, -0.25) is 9.89 Å². The molecule has 1 aliphatic rings. The van der Waals surface area contributed by atoms with Crippen molar-refractivity contribution in [2.75, 3.05) is 13.2 Å². The largest absolute Gasteiger partial charge is 0.375 e. The van der Waals surface area contributed by atoms with Crippen molar-refractivity contribution in [3.8, 4) is 11.3 Å². The van der Waals surface area contributed by atoms with E-state index in [1.54, 1.807) is 0 Å². The van der Waals surface area contributed by atoms with E-state index in [2.05, 4.69) is 10.2 Å². The average molecular weight is 285 g/mol. The molecular weight excluding hydrogens is 266 g/mol. The van der Waals surface area contributed by atoms with Crippen LogP contribution < -0.4 is 0 Å². The van der Waals surface area contributed by atoms with Crippen molar-refractivity contribution in [2.45, 2.75) is 26.0 Å². The minimum Gasteiger partial charge on any atom is -0.375 e. The summed E-state index contributed by atoms with van der Waals surface area (Å²) in [5.74, 6) is -0.0210. The van der Waals surface area contributed by atoms with Crippen LogP contribution in [0, 0.1) is 0 Å². The maximum absolute atomic E-state index is 12.6. The third-order valence-electron chi connectivity index (χ3n) is 3.75. The van der Waals surface area contributed by atoms with E-state index in [4.69, 9.17) is 4.74 Å². The van der Waals surface area contributed by atoms with Crippen LogP contribution in [0.15, 0.2) is 36.4 Å². The van der Waals surface area contributed by atoms with Crippen molar-refractivity contribution in [2.24, 2.45) is 0 Å². The zero-order valence-electron chi connectivity index (χ0n) is 12.2. The first-order chi connectivity index (χ1) is 10.1. The Morgan fingerprint density at radius 3 is 2.86 bits per heavy atom. The summed E-state index contributed by atoms with van der Waals surface area (Å²) in [5, 5.41) is 7.10. The van der Waals surface area contributed by atoms with Gasteiger partial charge in [-0.15, -0.1) is 0 Å². The first-order valence-corrected chi connectivity index (χ1v) is 7.18. The number of amides is 1. The predicted octanol–water partition coefficient (Wildman–Crippen LogP) is 2.33. The van der Waals surface area contributed by atoms with Gasteiger partial charge in [-0.25, -0.2) is 0 Å². The van der Waals surface area contributed by atoms with Crippen LogP contribution in [0.25, 0.3) is 11.3 Å². The van der Waals surface area contributed by atoms with Crippen LogP contribution in [-0.4, -0.2) is 46.3 Å². The van der Waals surface area contributed by atoms with Gasteiger partial charge in [0.05, 0.1) is 24.4 Å². The van der Waals surface area contributed by atoms with E-state index in [-0.39, 0.29) is 18.1 Å². The number of rotatable bonds is 2. The molecule has 0 unspecified atom stereocenters. The molecular formula is C16H19N3O2. The fourth-order valence-corrected chi connectivity index (χ4v) is 2.53. The summed E-state index contributed by atoms with van der Waals surface area (Å²) < 4.78 is 5.56. The molecule has 1 fully saturated rings. The second kappa shape index (κ2) is 5.69. The van der Waals surface area contributed by atoms with E-state index in [9.17, 15) is 4.79 Å². The number of ether oxygens (including phenoxy) is 1. The van der Waals surface area contributed by atoms with Crippen LogP contribution in [0.2, 0.25) is 0 Å². The average Bonchev–Trinajstić information content (AvgIpc) is 3.00. The van der Waals surface area contributed by atoms with Gasteiger partial charge in [0.25, 0.3) is 5.91 Å². The number of carbonyl (C=O) groups is 1. The highest BCUT2D eigenvalue weighted by Gasteiger charge is 2.29. The number of nitrogens with one attached hydrogen (secondary N) is 1. The lowest BCUT2D eigenvalue weighted by Crippen LogP contribution is -2.50. The first kappa shape index (κ1) is 13.8. The number of H-pyrrole nitrogens is 1. The van der Waals surface area contributed by atoms with E-state index in [1.807, 2.05) is 55.1 Å². The molecule has 0 saturated carbocycles. The van der Waals surface area contributed by atoms with Crippen molar-refractivity contribution in [3.63, 3.8) is 0 Å². The van der Waals surface area contributed by atoms with E-state index in [0.29, 0.717) is 18.8 Å². The van der Waals surface area contributed by atoms with Crippen LogP contribution in [0.4, 0.5) is 0 Å². The van der Waals surface area contributed by atoms with E-state index in [1.165, 1.54) is 0 Å². The van der Waals surface area contributed by atoms with Crippen molar-refractivity contribution >= 4 is 5.91 Å². The number of benzene rings is 1. The highest BCUT2D eigenvalue weighted by atomic mass is 16.5. The monoisotopic (exact) mass is 285 g/mol. The molecule has 110 valence electrons. The Bertz CT molecular complexity index is 623. The molecule has 1 saturated heterocycles. The molecule has 1 aromatic heterocycles. The Labute approximate surface area is 123 Å². The number of aromatic nitrogens is 2.